The molecule has 0 aliphatic heterocycles. The van der Waals surface area contributed by atoms with E-state index >= 15 is 0 Å². The largest absolute Gasteiger partial charge is 0.480 e. The van der Waals surface area contributed by atoms with Crippen LogP contribution in [0.3, 0.4) is 0 Å². The molecule has 8 heteroatoms. The first kappa shape index (κ1) is 13.5. The second-order valence-electron chi connectivity index (χ2n) is 2.89. The molecule has 0 fully saturated rings. The molecule has 0 spiro atoms. The highest BCUT2D eigenvalue weighted by atomic mass is 32.2. The number of hydrogen-bond donors (Lipinski definition) is 2. The Labute approximate surface area is 84.9 Å². The van der Waals surface area contributed by atoms with Gasteiger partial charge in [-0.05, 0) is 0 Å². The third-order valence-electron chi connectivity index (χ3n) is 1.36. The summed E-state index contributed by atoms with van der Waals surface area (Å²) in [6.45, 7) is 0. The van der Waals surface area contributed by atoms with Crippen LogP contribution in [-0.2, 0) is 25.4 Å². The summed E-state index contributed by atoms with van der Waals surface area (Å²) in [6, 6.07) is -1.20. The van der Waals surface area contributed by atoms with Crippen molar-refractivity contribution in [2.75, 3.05) is 23.5 Å². The summed E-state index contributed by atoms with van der Waals surface area (Å²) in [7, 11) is -4.66. The fourth-order valence-corrected chi connectivity index (χ4v) is 3.26. The fourth-order valence-electron chi connectivity index (χ4n) is 0.599. The van der Waals surface area contributed by atoms with Gasteiger partial charge in [0.15, 0.2) is 0 Å². The van der Waals surface area contributed by atoms with E-state index in [1.165, 1.54) is 0 Å². The quantitative estimate of drug-likeness (QED) is 0.568. The summed E-state index contributed by atoms with van der Waals surface area (Å²) >= 11 is 0. The molecule has 0 amide bonds. The van der Waals surface area contributed by atoms with Crippen LogP contribution in [0.15, 0.2) is 0 Å². The van der Waals surface area contributed by atoms with E-state index in [1.54, 1.807) is 0 Å². The third kappa shape index (κ3) is 6.98. The maximum absolute atomic E-state index is 11.1. The van der Waals surface area contributed by atoms with Crippen LogP contribution in [0.2, 0.25) is 0 Å². The van der Waals surface area contributed by atoms with E-state index in [0.29, 0.717) is 0 Å². The number of carbonyl (C=O) groups is 1. The lowest BCUT2D eigenvalue weighted by atomic mass is 10.4. The molecule has 0 rings (SSSR count). The van der Waals surface area contributed by atoms with Gasteiger partial charge in [0.2, 0.25) is 0 Å². The van der Waals surface area contributed by atoms with Crippen molar-refractivity contribution in [3.8, 4) is 0 Å². The van der Waals surface area contributed by atoms with E-state index in [-0.39, 0.29) is 17.3 Å². The molecule has 0 aromatic heterocycles. The Kier molecular flexibility index (Phi) is 5.24. The van der Waals surface area contributed by atoms with Gasteiger partial charge in [-0.25, -0.2) is 8.42 Å². The van der Waals surface area contributed by atoms with E-state index in [9.17, 15) is 17.4 Å². The van der Waals surface area contributed by atoms with Gasteiger partial charge >= 0.3 is 5.97 Å². The SMILES string of the molecule is CS(=O)(=O)CCS(=O)CC(N)C(=O)O. The molecular formula is C6H13NO5S2. The van der Waals surface area contributed by atoms with Crippen LogP contribution in [0.1, 0.15) is 0 Å². The second kappa shape index (κ2) is 5.42. The van der Waals surface area contributed by atoms with Gasteiger partial charge in [-0.1, -0.05) is 0 Å². The molecule has 0 bridgehead atoms. The van der Waals surface area contributed by atoms with Crippen molar-refractivity contribution in [1.82, 2.24) is 0 Å². The number of hydrogen-bond acceptors (Lipinski definition) is 5. The van der Waals surface area contributed by atoms with E-state index < -0.39 is 32.6 Å². The Morgan fingerprint density at radius 1 is 1.57 bits per heavy atom. The summed E-state index contributed by atoms with van der Waals surface area (Å²) in [5.74, 6) is -1.74. The topological polar surface area (TPSA) is 115 Å². The Bertz CT molecular complexity index is 323. The zero-order chi connectivity index (χ0) is 11.4. The second-order valence-corrected chi connectivity index (χ2v) is 6.77. The summed E-state index contributed by atoms with van der Waals surface area (Å²) < 4.78 is 32.5. The molecule has 0 aromatic rings. The van der Waals surface area contributed by atoms with Crippen LogP contribution < -0.4 is 5.73 Å². The standard InChI is InChI=1S/C6H13NO5S2/c1-14(11,12)3-2-13(10)4-5(7)6(8)9/h5H,2-4,7H2,1H3,(H,8,9). The summed E-state index contributed by atoms with van der Waals surface area (Å²) in [4.78, 5) is 10.3. The average Bonchev–Trinajstić information content (AvgIpc) is 1.99. The van der Waals surface area contributed by atoms with Crippen LogP contribution in [0.25, 0.3) is 0 Å². The molecule has 6 nitrogen and oxygen atoms in total. The van der Waals surface area contributed by atoms with Crippen LogP contribution in [0.4, 0.5) is 0 Å². The molecule has 0 radical (unpaired) electrons. The monoisotopic (exact) mass is 243 g/mol. The van der Waals surface area contributed by atoms with E-state index in [1.807, 2.05) is 0 Å². The highest BCUT2D eigenvalue weighted by molar-refractivity contribution is 7.92. The Morgan fingerprint density at radius 3 is 2.43 bits per heavy atom. The van der Waals surface area contributed by atoms with Crippen molar-refractivity contribution < 1.29 is 22.5 Å². The zero-order valence-corrected chi connectivity index (χ0v) is 9.31. The first-order chi connectivity index (χ1) is 6.22. The van der Waals surface area contributed by atoms with Crippen LogP contribution in [-0.4, -0.2) is 53.3 Å². The van der Waals surface area contributed by atoms with E-state index in [0.717, 1.165) is 6.26 Å². The van der Waals surface area contributed by atoms with Gasteiger partial charge in [-0.2, -0.15) is 0 Å². The molecule has 0 aromatic carbocycles. The minimum absolute atomic E-state index is 0.0696. The first-order valence-corrected chi connectivity index (χ1v) is 7.28. The number of carboxylic acids is 1. The lowest BCUT2D eigenvalue weighted by molar-refractivity contribution is -0.137. The van der Waals surface area contributed by atoms with E-state index in [2.05, 4.69) is 0 Å². The van der Waals surface area contributed by atoms with Crippen molar-refractivity contribution in [1.29, 1.82) is 0 Å². The minimum atomic E-state index is -3.16. The fraction of sp³-hybridized carbons (Fsp3) is 0.833. The lowest BCUT2D eigenvalue weighted by Crippen LogP contribution is -2.36. The molecule has 0 aliphatic rings. The summed E-state index contributed by atoms with van der Waals surface area (Å²) in [5.41, 5.74) is 5.11. The molecule has 14 heavy (non-hydrogen) atoms. The third-order valence-corrected chi connectivity index (χ3v) is 3.96. The average molecular weight is 243 g/mol. The molecule has 0 saturated heterocycles. The summed E-state index contributed by atoms with van der Waals surface area (Å²) in [6.07, 6.45) is 1.03. The predicted molar refractivity (Wildman–Crippen MR) is 53.2 cm³/mol. The van der Waals surface area contributed by atoms with Crippen molar-refractivity contribution in [2.24, 2.45) is 5.73 Å². The van der Waals surface area contributed by atoms with E-state index in [4.69, 9.17) is 10.8 Å². The highest BCUT2D eigenvalue weighted by Crippen LogP contribution is 1.91. The number of carboxylic acid groups (broad SMARTS) is 1. The first-order valence-electron chi connectivity index (χ1n) is 3.73. The molecule has 2 unspecified atom stereocenters. The number of nitrogens with two attached hydrogens (primary N) is 1. The molecule has 2 atom stereocenters. The number of rotatable bonds is 6. The van der Waals surface area contributed by atoms with Crippen LogP contribution in [0, 0.1) is 0 Å². The van der Waals surface area contributed by atoms with Crippen molar-refractivity contribution in [2.45, 2.75) is 6.04 Å². The van der Waals surface area contributed by atoms with Gasteiger partial charge in [0, 0.05) is 28.6 Å². The smallest absolute Gasteiger partial charge is 0.321 e. The molecular weight excluding hydrogens is 230 g/mol. The molecule has 84 valence electrons. The van der Waals surface area contributed by atoms with Crippen molar-refractivity contribution in [3.63, 3.8) is 0 Å². The van der Waals surface area contributed by atoms with Gasteiger partial charge in [0.1, 0.15) is 15.9 Å². The molecule has 0 aliphatic carbocycles. The van der Waals surface area contributed by atoms with Gasteiger partial charge in [-0.15, -0.1) is 0 Å². The van der Waals surface area contributed by atoms with Crippen LogP contribution >= 0.6 is 0 Å². The van der Waals surface area contributed by atoms with Gasteiger partial charge in [0.25, 0.3) is 0 Å². The number of sulfone groups is 1. The summed E-state index contributed by atoms with van der Waals surface area (Å²) in [5, 5.41) is 8.38. The maximum atomic E-state index is 11.1. The normalized spacial score (nSPS) is 16.1. The highest BCUT2D eigenvalue weighted by Gasteiger charge is 2.16. The van der Waals surface area contributed by atoms with Crippen molar-refractivity contribution >= 4 is 26.6 Å². The number of aliphatic carboxylic acids is 1. The lowest BCUT2D eigenvalue weighted by Gasteiger charge is -2.05. The van der Waals surface area contributed by atoms with Crippen molar-refractivity contribution in [3.05, 3.63) is 0 Å². The maximum Gasteiger partial charge on any atom is 0.321 e. The zero-order valence-electron chi connectivity index (χ0n) is 7.67. The Hall–Kier alpha value is -0.470. The molecule has 0 saturated carbocycles. The molecule has 3 N–H and O–H groups in total. The Morgan fingerprint density at radius 2 is 2.07 bits per heavy atom. The van der Waals surface area contributed by atoms with Gasteiger partial charge < -0.3 is 10.8 Å². The predicted octanol–water partition coefficient (Wildman–Crippen LogP) is -1.81. The molecule has 0 heterocycles. The van der Waals surface area contributed by atoms with Gasteiger partial charge in [0.05, 0.1) is 5.75 Å². The minimum Gasteiger partial charge on any atom is -0.480 e. The Balaban J connectivity index is 3.95. The van der Waals surface area contributed by atoms with Gasteiger partial charge in [-0.3, -0.25) is 9.00 Å². The van der Waals surface area contributed by atoms with Crippen LogP contribution in [0.5, 0.6) is 0 Å².